The molecule has 1 atom stereocenters. The van der Waals surface area contributed by atoms with Crippen molar-refractivity contribution < 1.29 is 13.6 Å². The van der Waals surface area contributed by atoms with Crippen LogP contribution in [0.2, 0.25) is 0 Å². The number of hydrogen-bond donors (Lipinski definition) is 1. The smallest absolute Gasteiger partial charge is 0.254 e. The van der Waals surface area contributed by atoms with Gasteiger partial charge in [-0.15, -0.1) is 0 Å². The summed E-state index contributed by atoms with van der Waals surface area (Å²) in [5, 5.41) is 4.42. The van der Waals surface area contributed by atoms with Gasteiger partial charge in [0.05, 0.1) is 11.9 Å². The minimum Gasteiger partial charge on any atom is -0.330 e. The van der Waals surface area contributed by atoms with Crippen LogP contribution in [-0.4, -0.2) is 38.9 Å². The molecule has 0 bridgehead atoms. The summed E-state index contributed by atoms with van der Waals surface area (Å²) in [4.78, 5) is 14.8. The molecule has 0 spiro atoms. The molecule has 0 radical (unpaired) electrons. The van der Waals surface area contributed by atoms with E-state index < -0.39 is 11.6 Å². The fraction of sp³-hybridized carbons (Fsp3) is 0.333. The molecule has 1 aromatic heterocycles. The average molecular weight is 457 g/mol. The number of fused-ring (bicyclic) bond motifs is 1. The number of carbonyl (C=O) groups is 1. The maximum atomic E-state index is 13.6. The zero-order chi connectivity index (χ0) is 22.8. The molecule has 2 aromatic carbocycles. The maximum absolute atomic E-state index is 13.6. The van der Waals surface area contributed by atoms with E-state index in [2.05, 4.69) is 12.0 Å². The summed E-state index contributed by atoms with van der Waals surface area (Å²) in [6.45, 7) is 2.74. The third kappa shape index (κ3) is 4.42. The van der Waals surface area contributed by atoms with Crippen LogP contribution in [0, 0.1) is 11.6 Å². The van der Waals surface area contributed by atoms with E-state index in [0.29, 0.717) is 17.7 Å². The van der Waals surface area contributed by atoms with Crippen LogP contribution in [0.1, 0.15) is 34.0 Å². The van der Waals surface area contributed by atoms with E-state index in [9.17, 15) is 13.6 Å². The molecule has 0 saturated heterocycles. The zero-order valence-corrected chi connectivity index (χ0v) is 19.0. The molecule has 0 unspecified atom stereocenters. The van der Waals surface area contributed by atoms with E-state index in [4.69, 9.17) is 5.73 Å². The van der Waals surface area contributed by atoms with Crippen LogP contribution < -0.4 is 5.73 Å². The lowest BCUT2D eigenvalue weighted by Crippen LogP contribution is -2.42. The number of halogens is 2. The Balaban J connectivity index is 1.59. The Kier molecular flexibility index (Phi) is 6.62. The predicted octanol–water partition coefficient (Wildman–Crippen LogP) is 4.14. The van der Waals surface area contributed by atoms with Gasteiger partial charge in [-0.3, -0.25) is 9.48 Å². The van der Waals surface area contributed by atoms with Crippen molar-refractivity contribution in [3.05, 3.63) is 76.5 Å². The fourth-order valence-electron chi connectivity index (χ4n) is 4.28. The van der Waals surface area contributed by atoms with Gasteiger partial charge in [-0.1, -0.05) is 13.0 Å². The highest BCUT2D eigenvalue weighted by atomic mass is 32.2. The molecule has 3 aromatic rings. The second-order valence-corrected chi connectivity index (χ2v) is 9.23. The third-order valence-corrected chi connectivity index (χ3v) is 6.72. The number of amides is 1. The lowest BCUT2D eigenvalue weighted by atomic mass is 10.0. The first-order valence-corrected chi connectivity index (χ1v) is 11.7. The first-order chi connectivity index (χ1) is 15.4. The molecular weight excluding hydrogens is 430 g/mol. The highest BCUT2D eigenvalue weighted by molar-refractivity contribution is 7.98. The maximum Gasteiger partial charge on any atom is 0.254 e. The van der Waals surface area contributed by atoms with Gasteiger partial charge in [-0.05, 0) is 47.6 Å². The van der Waals surface area contributed by atoms with E-state index in [-0.39, 0.29) is 24.9 Å². The van der Waals surface area contributed by atoms with Crippen molar-refractivity contribution in [2.45, 2.75) is 31.7 Å². The number of carbonyl (C=O) groups excluding carboxylic acids is 1. The van der Waals surface area contributed by atoms with Gasteiger partial charge in [0.15, 0.2) is 0 Å². The van der Waals surface area contributed by atoms with Crippen molar-refractivity contribution in [3.8, 4) is 11.3 Å². The molecule has 168 valence electrons. The van der Waals surface area contributed by atoms with Gasteiger partial charge in [0.1, 0.15) is 11.6 Å². The number of aromatic nitrogens is 2. The first kappa shape index (κ1) is 22.5. The Morgan fingerprint density at radius 3 is 2.62 bits per heavy atom. The van der Waals surface area contributed by atoms with Gasteiger partial charge in [0, 0.05) is 54.7 Å². The molecule has 1 amide bonds. The van der Waals surface area contributed by atoms with Crippen molar-refractivity contribution in [2.24, 2.45) is 12.8 Å². The molecule has 0 fully saturated rings. The molecule has 0 aliphatic carbocycles. The summed E-state index contributed by atoms with van der Waals surface area (Å²) in [6, 6.07) is 8.91. The normalized spacial score (nSPS) is 14.2. The van der Waals surface area contributed by atoms with E-state index in [1.165, 1.54) is 12.1 Å². The lowest BCUT2D eigenvalue weighted by Gasteiger charge is -2.26. The number of rotatable bonds is 8. The number of benzene rings is 2. The molecule has 1 aliphatic heterocycles. The topological polar surface area (TPSA) is 64.2 Å². The minimum absolute atomic E-state index is 0.106. The van der Waals surface area contributed by atoms with Crippen LogP contribution in [0.15, 0.2) is 42.6 Å². The number of thioether (sulfide) groups is 1. The van der Waals surface area contributed by atoms with Crippen LogP contribution >= 0.6 is 11.8 Å². The average Bonchev–Trinajstić information content (AvgIpc) is 3.29. The lowest BCUT2D eigenvalue weighted by molar-refractivity contribution is 0.0708. The molecule has 2 N–H and O–H groups in total. The van der Waals surface area contributed by atoms with Crippen molar-refractivity contribution >= 4 is 17.7 Å². The Morgan fingerprint density at radius 1 is 1.19 bits per heavy atom. The quantitative estimate of drug-likeness (QED) is 0.553. The Hall–Kier alpha value is -2.71. The second kappa shape index (κ2) is 9.42. The first-order valence-electron chi connectivity index (χ1n) is 10.6. The summed E-state index contributed by atoms with van der Waals surface area (Å²) in [5.41, 5.74) is 11.2. The zero-order valence-electron chi connectivity index (χ0n) is 18.1. The van der Waals surface area contributed by atoms with Crippen LogP contribution in [0.25, 0.3) is 11.3 Å². The van der Waals surface area contributed by atoms with Crippen molar-refractivity contribution in [1.82, 2.24) is 14.7 Å². The van der Waals surface area contributed by atoms with Crippen LogP contribution in [0.3, 0.4) is 0 Å². The molecule has 8 heteroatoms. The molecule has 5 nitrogen and oxygen atoms in total. The van der Waals surface area contributed by atoms with Gasteiger partial charge in [0.25, 0.3) is 5.91 Å². The summed E-state index contributed by atoms with van der Waals surface area (Å²) in [7, 11) is 1.92. The van der Waals surface area contributed by atoms with E-state index in [0.717, 1.165) is 40.0 Å². The second-order valence-electron chi connectivity index (χ2n) is 7.96. The SMILES string of the molecule is CCSCc1cnn(C)c1-c1ccc2c(c1)CN([C@H](CN)Cc1cc(F)cc(F)c1)C2=O. The van der Waals surface area contributed by atoms with Crippen LogP contribution in [0.4, 0.5) is 8.78 Å². The molecule has 1 aliphatic rings. The molecule has 32 heavy (non-hydrogen) atoms. The summed E-state index contributed by atoms with van der Waals surface area (Å²) in [5.74, 6) is 0.527. The number of hydrogen-bond acceptors (Lipinski definition) is 4. The minimum atomic E-state index is -0.635. The largest absolute Gasteiger partial charge is 0.330 e. The van der Waals surface area contributed by atoms with Gasteiger partial charge in [-0.2, -0.15) is 16.9 Å². The number of nitrogens with zero attached hydrogens (tertiary/aromatic N) is 3. The van der Waals surface area contributed by atoms with Crippen LogP contribution in [-0.2, 0) is 25.8 Å². The fourth-order valence-corrected chi connectivity index (χ4v) is 4.92. The highest BCUT2D eigenvalue weighted by Crippen LogP contribution is 2.32. The standard InChI is InChI=1S/C24H26F2N4OS/c1-3-32-14-18-12-28-29(2)23(18)16-4-5-22-17(9-16)13-30(24(22)31)21(11-27)8-15-6-19(25)10-20(26)7-15/h4-7,9-10,12,21H,3,8,11,13-14,27H2,1-2H3/t21-/m0/s1. The molecular formula is C24H26F2N4OS. The molecule has 0 saturated carbocycles. The van der Waals surface area contributed by atoms with Crippen molar-refractivity contribution in [2.75, 3.05) is 12.3 Å². The Labute approximate surface area is 190 Å². The summed E-state index contributed by atoms with van der Waals surface area (Å²) >= 11 is 1.84. The Morgan fingerprint density at radius 2 is 1.94 bits per heavy atom. The van der Waals surface area contributed by atoms with Gasteiger partial charge >= 0.3 is 0 Å². The van der Waals surface area contributed by atoms with Gasteiger partial charge in [0.2, 0.25) is 0 Å². The monoisotopic (exact) mass is 456 g/mol. The van der Waals surface area contributed by atoms with Crippen molar-refractivity contribution in [3.63, 3.8) is 0 Å². The van der Waals surface area contributed by atoms with Gasteiger partial charge in [-0.25, -0.2) is 8.78 Å². The Bertz CT molecular complexity index is 1130. The van der Waals surface area contributed by atoms with Crippen LogP contribution in [0.5, 0.6) is 0 Å². The number of aryl methyl sites for hydroxylation is 1. The summed E-state index contributed by atoms with van der Waals surface area (Å²) < 4.78 is 29.1. The molecule has 4 rings (SSSR count). The predicted molar refractivity (Wildman–Crippen MR) is 123 cm³/mol. The number of nitrogens with two attached hydrogens (primary N) is 1. The summed E-state index contributed by atoms with van der Waals surface area (Å²) in [6.07, 6.45) is 2.18. The van der Waals surface area contributed by atoms with E-state index >= 15 is 0 Å². The third-order valence-electron chi connectivity index (χ3n) is 5.79. The van der Waals surface area contributed by atoms with E-state index in [1.807, 2.05) is 47.9 Å². The highest BCUT2D eigenvalue weighted by Gasteiger charge is 2.32. The van der Waals surface area contributed by atoms with Crippen molar-refractivity contribution in [1.29, 1.82) is 0 Å². The van der Waals surface area contributed by atoms with Gasteiger partial charge < -0.3 is 10.6 Å². The van der Waals surface area contributed by atoms with E-state index in [1.54, 1.807) is 4.90 Å². The molecule has 2 heterocycles.